The topological polar surface area (TPSA) is 83.9 Å². The largest absolute Gasteiger partial charge is 0.481 e. The lowest BCUT2D eigenvalue weighted by Gasteiger charge is -2.20. The monoisotopic (exact) mass is 361 g/mol. The van der Waals surface area contributed by atoms with E-state index in [4.69, 9.17) is 9.84 Å². The number of anilines is 1. The molecule has 0 saturated heterocycles. The predicted molar refractivity (Wildman–Crippen MR) is 92.9 cm³/mol. The van der Waals surface area contributed by atoms with E-state index >= 15 is 0 Å². The minimum atomic E-state index is -3.70. The number of carbonyl (C=O) groups is 1. The van der Waals surface area contributed by atoms with Crippen LogP contribution in [-0.2, 0) is 39.2 Å². The Morgan fingerprint density at radius 3 is 2.68 bits per heavy atom. The van der Waals surface area contributed by atoms with E-state index in [2.05, 4.69) is 0 Å². The minimum Gasteiger partial charge on any atom is -0.481 e. The van der Waals surface area contributed by atoms with Crippen molar-refractivity contribution in [1.29, 1.82) is 0 Å². The summed E-state index contributed by atoms with van der Waals surface area (Å²) in [6.45, 7) is 0.935. The molecule has 0 amide bonds. The van der Waals surface area contributed by atoms with Gasteiger partial charge in [-0.25, -0.2) is 8.42 Å². The Balaban J connectivity index is 1.87. The molecule has 3 rings (SSSR count). The smallest absolute Gasteiger partial charge is 0.303 e. The molecule has 1 aliphatic rings. The number of aryl methyl sites for hydroxylation is 1. The second kappa shape index (κ2) is 6.85. The first-order valence-electron chi connectivity index (χ1n) is 7.87. The van der Waals surface area contributed by atoms with E-state index in [9.17, 15) is 13.2 Å². The van der Waals surface area contributed by atoms with Crippen molar-refractivity contribution in [3.8, 4) is 0 Å². The van der Waals surface area contributed by atoms with Crippen LogP contribution >= 0.6 is 0 Å². The fraction of sp³-hybridized carbons (Fsp3) is 0.278. The highest BCUT2D eigenvalue weighted by Gasteiger charge is 2.23. The van der Waals surface area contributed by atoms with Gasteiger partial charge in [-0.15, -0.1) is 0 Å². The van der Waals surface area contributed by atoms with Crippen LogP contribution in [0.1, 0.15) is 23.1 Å². The Morgan fingerprint density at radius 2 is 1.92 bits per heavy atom. The number of benzene rings is 2. The number of rotatable bonds is 6. The highest BCUT2D eigenvalue weighted by atomic mass is 32.2. The second-order valence-corrected chi connectivity index (χ2v) is 7.93. The maximum absolute atomic E-state index is 12.9. The van der Waals surface area contributed by atoms with E-state index in [1.54, 1.807) is 42.5 Å². The summed E-state index contributed by atoms with van der Waals surface area (Å²) in [5, 5.41) is 8.79. The Bertz CT molecular complexity index is 907. The summed E-state index contributed by atoms with van der Waals surface area (Å²) in [7, 11) is -2.20. The third-order valence-corrected chi connectivity index (χ3v) is 6.03. The summed E-state index contributed by atoms with van der Waals surface area (Å²) in [5.41, 5.74) is 3.19. The van der Waals surface area contributed by atoms with Crippen molar-refractivity contribution in [2.75, 3.05) is 11.4 Å². The molecule has 0 unspecified atom stereocenters. The van der Waals surface area contributed by atoms with Gasteiger partial charge in [0.15, 0.2) is 0 Å². The van der Waals surface area contributed by atoms with Gasteiger partial charge >= 0.3 is 5.97 Å². The van der Waals surface area contributed by atoms with Crippen LogP contribution in [0, 0.1) is 0 Å². The van der Waals surface area contributed by atoms with Crippen LogP contribution in [0.4, 0.5) is 5.69 Å². The molecule has 0 spiro atoms. The number of hydrogen-bond acceptors (Lipinski definition) is 4. The van der Waals surface area contributed by atoms with Gasteiger partial charge in [0.05, 0.1) is 23.8 Å². The zero-order chi connectivity index (χ0) is 18.0. The average molecular weight is 361 g/mol. The highest BCUT2D eigenvalue weighted by Crippen LogP contribution is 2.27. The fourth-order valence-electron chi connectivity index (χ4n) is 2.76. The molecule has 132 valence electrons. The molecule has 2 aromatic rings. The zero-order valence-corrected chi connectivity index (χ0v) is 14.6. The van der Waals surface area contributed by atoms with E-state index in [1.165, 1.54) is 11.4 Å². The first kappa shape index (κ1) is 17.4. The van der Waals surface area contributed by atoms with Gasteiger partial charge in [0.25, 0.3) is 10.0 Å². The van der Waals surface area contributed by atoms with Gasteiger partial charge in [-0.3, -0.25) is 9.10 Å². The van der Waals surface area contributed by atoms with Crippen LogP contribution in [0.25, 0.3) is 0 Å². The van der Waals surface area contributed by atoms with Gasteiger partial charge in [-0.1, -0.05) is 18.2 Å². The second-order valence-electron chi connectivity index (χ2n) is 5.96. The fourth-order valence-corrected chi connectivity index (χ4v) is 4.00. The third-order valence-electron chi connectivity index (χ3n) is 4.25. The Kier molecular flexibility index (Phi) is 4.78. The van der Waals surface area contributed by atoms with Crippen molar-refractivity contribution in [2.45, 2.75) is 31.0 Å². The SMILES string of the molecule is CN(c1cccc(CCC(=O)O)c1)S(=O)(=O)c1ccc2c(c1)COC2. The molecule has 0 aliphatic carbocycles. The quantitative estimate of drug-likeness (QED) is 0.855. The van der Waals surface area contributed by atoms with E-state index in [0.29, 0.717) is 25.3 Å². The summed E-state index contributed by atoms with van der Waals surface area (Å²) in [6, 6.07) is 12.0. The van der Waals surface area contributed by atoms with E-state index in [1.807, 2.05) is 0 Å². The number of hydrogen-bond donors (Lipinski definition) is 1. The molecular weight excluding hydrogens is 342 g/mol. The summed E-state index contributed by atoms with van der Waals surface area (Å²) in [6.07, 6.45) is 0.359. The van der Waals surface area contributed by atoms with Crippen LogP contribution in [0.2, 0.25) is 0 Å². The lowest BCUT2D eigenvalue weighted by atomic mass is 10.1. The predicted octanol–water partition coefficient (Wildman–Crippen LogP) is 2.56. The van der Waals surface area contributed by atoms with Crippen molar-refractivity contribution >= 4 is 21.7 Å². The summed E-state index contributed by atoms with van der Waals surface area (Å²) < 4.78 is 32.4. The van der Waals surface area contributed by atoms with Gasteiger partial charge in [-0.05, 0) is 47.4 Å². The first-order valence-corrected chi connectivity index (χ1v) is 9.31. The van der Waals surface area contributed by atoms with E-state index in [0.717, 1.165) is 16.7 Å². The average Bonchev–Trinajstić information content (AvgIpc) is 3.07. The highest BCUT2D eigenvalue weighted by molar-refractivity contribution is 7.92. The van der Waals surface area contributed by atoms with Gasteiger partial charge in [0, 0.05) is 13.5 Å². The normalized spacial score (nSPS) is 13.5. The van der Waals surface area contributed by atoms with E-state index in [-0.39, 0.29) is 11.3 Å². The molecule has 6 nitrogen and oxygen atoms in total. The van der Waals surface area contributed by atoms with Gasteiger partial charge in [0.2, 0.25) is 0 Å². The molecule has 0 aromatic heterocycles. The van der Waals surface area contributed by atoms with Crippen molar-refractivity contribution in [2.24, 2.45) is 0 Å². The van der Waals surface area contributed by atoms with Crippen molar-refractivity contribution < 1.29 is 23.1 Å². The lowest BCUT2D eigenvalue weighted by molar-refractivity contribution is -0.136. The number of carboxylic acid groups (broad SMARTS) is 1. The van der Waals surface area contributed by atoms with Crippen LogP contribution < -0.4 is 4.31 Å². The lowest BCUT2D eigenvalue weighted by Crippen LogP contribution is -2.26. The number of carboxylic acids is 1. The van der Waals surface area contributed by atoms with Gasteiger partial charge in [-0.2, -0.15) is 0 Å². The van der Waals surface area contributed by atoms with Gasteiger partial charge in [0.1, 0.15) is 0 Å². The molecule has 2 aromatic carbocycles. The molecule has 1 N–H and O–H groups in total. The third kappa shape index (κ3) is 3.67. The van der Waals surface area contributed by atoms with Crippen LogP contribution in [-0.4, -0.2) is 26.5 Å². The number of fused-ring (bicyclic) bond motifs is 1. The number of sulfonamides is 1. The molecule has 7 heteroatoms. The molecular formula is C18H19NO5S. The molecule has 0 fully saturated rings. The molecule has 0 saturated carbocycles. The van der Waals surface area contributed by atoms with Crippen LogP contribution in [0.3, 0.4) is 0 Å². The molecule has 1 aliphatic heterocycles. The van der Waals surface area contributed by atoms with Crippen molar-refractivity contribution in [3.05, 3.63) is 59.2 Å². The number of ether oxygens (including phenoxy) is 1. The Morgan fingerprint density at radius 1 is 1.16 bits per heavy atom. The number of aliphatic carboxylic acids is 1. The molecule has 25 heavy (non-hydrogen) atoms. The summed E-state index contributed by atoms with van der Waals surface area (Å²) in [5.74, 6) is -0.883. The Labute approximate surface area is 146 Å². The molecule has 1 heterocycles. The van der Waals surface area contributed by atoms with Crippen LogP contribution in [0.5, 0.6) is 0 Å². The maximum Gasteiger partial charge on any atom is 0.303 e. The number of nitrogens with zero attached hydrogens (tertiary/aromatic N) is 1. The Hall–Kier alpha value is -2.38. The first-order chi connectivity index (χ1) is 11.9. The molecule has 0 radical (unpaired) electrons. The standard InChI is InChI=1S/C18H19NO5S/c1-19(16-4-2-3-13(9-16)5-8-18(20)21)25(22,23)17-7-6-14-11-24-12-15(14)10-17/h2-4,6-7,9-10H,5,8,11-12H2,1H3,(H,20,21). The van der Waals surface area contributed by atoms with Crippen molar-refractivity contribution in [3.63, 3.8) is 0 Å². The minimum absolute atomic E-state index is 0.00470. The molecule has 0 bridgehead atoms. The zero-order valence-electron chi connectivity index (χ0n) is 13.8. The summed E-state index contributed by atoms with van der Waals surface area (Å²) in [4.78, 5) is 10.9. The van der Waals surface area contributed by atoms with Crippen LogP contribution in [0.15, 0.2) is 47.4 Å². The maximum atomic E-state index is 12.9. The van der Waals surface area contributed by atoms with Gasteiger partial charge < -0.3 is 9.84 Å². The molecule has 0 atom stereocenters. The van der Waals surface area contributed by atoms with E-state index < -0.39 is 16.0 Å². The summed E-state index contributed by atoms with van der Waals surface area (Å²) >= 11 is 0. The van der Waals surface area contributed by atoms with Crippen molar-refractivity contribution in [1.82, 2.24) is 0 Å².